The van der Waals surface area contributed by atoms with E-state index >= 15 is 0 Å². The van der Waals surface area contributed by atoms with Crippen LogP contribution >= 0.6 is 23.4 Å². The van der Waals surface area contributed by atoms with E-state index in [1.807, 2.05) is 24.8 Å². The van der Waals surface area contributed by atoms with Crippen molar-refractivity contribution in [2.75, 3.05) is 6.26 Å². The van der Waals surface area contributed by atoms with Crippen molar-refractivity contribution in [3.05, 3.63) is 28.2 Å². The smallest absolute Gasteiger partial charge is 0.190 e. The maximum absolute atomic E-state index is 6.01. The molecule has 0 N–H and O–H groups in total. The van der Waals surface area contributed by atoms with Crippen LogP contribution in [-0.2, 0) is 6.42 Å². The topological polar surface area (TPSA) is 43.6 Å². The second kappa shape index (κ2) is 5.28. The van der Waals surface area contributed by atoms with Gasteiger partial charge >= 0.3 is 0 Å². The number of rotatable bonds is 3. The number of nitrogens with zero attached hydrogens (tertiary/aromatic N) is 4. The lowest BCUT2D eigenvalue weighted by Gasteiger charge is -2.05. The van der Waals surface area contributed by atoms with E-state index in [-0.39, 0.29) is 0 Å². The molecule has 2 heterocycles. The summed E-state index contributed by atoms with van der Waals surface area (Å²) in [4.78, 5) is 8.57. The van der Waals surface area contributed by atoms with Crippen molar-refractivity contribution in [1.82, 2.24) is 19.7 Å². The zero-order valence-corrected chi connectivity index (χ0v) is 12.4. The van der Waals surface area contributed by atoms with Crippen LogP contribution in [0.3, 0.4) is 0 Å². The molecule has 2 rings (SSSR count). The van der Waals surface area contributed by atoms with Gasteiger partial charge in [-0.2, -0.15) is 5.10 Å². The molecule has 0 spiro atoms. The van der Waals surface area contributed by atoms with Crippen molar-refractivity contribution in [2.24, 2.45) is 0 Å². The predicted molar refractivity (Wildman–Crippen MR) is 74.8 cm³/mol. The Morgan fingerprint density at radius 3 is 2.61 bits per heavy atom. The fraction of sp³-hybridized carbons (Fsp3) is 0.417. The lowest BCUT2D eigenvalue weighted by molar-refractivity contribution is 0.776. The van der Waals surface area contributed by atoms with Crippen LogP contribution in [0.25, 0.3) is 5.82 Å². The van der Waals surface area contributed by atoms with Gasteiger partial charge < -0.3 is 0 Å². The highest BCUT2D eigenvalue weighted by Gasteiger charge is 2.13. The van der Waals surface area contributed by atoms with E-state index in [2.05, 4.69) is 22.0 Å². The molecule has 0 amide bonds. The van der Waals surface area contributed by atoms with Gasteiger partial charge in [-0.1, -0.05) is 30.3 Å². The van der Waals surface area contributed by atoms with Crippen LogP contribution in [0.2, 0.25) is 5.15 Å². The Bertz CT molecular complexity index is 580. The molecule has 0 saturated carbocycles. The SMILES string of the molecule is CCc1c(C)nn(-c2cc(Cl)nc(SC)n2)c1C. The first kappa shape index (κ1) is 13.4. The highest BCUT2D eigenvalue weighted by Crippen LogP contribution is 2.21. The summed E-state index contributed by atoms with van der Waals surface area (Å²) in [7, 11) is 0. The number of aryl methyl sites for hydroxylation is 1. The molecule has 0 aliphatic heterocycles. The van der Waals surface area contributed by atoms with Gasteiger partial charge in [0.05, 0.1) is 5.69 Å². The van der Waals surface area contributed by atoms with Crippen LogP contribution in [0.4, 0.5) is 0 Å². The summed E-state index contributed by atoms with van der Waals surface area (Å²) in [5.74, 6) is 0.722. The molecule has 0 aliphatic carbocycles. The summed E-state index contributed by atoms with van der Waals surface area (Å²) in [5.41, 5.74) is 3.41. The number of hydrogen-bond acceptors (Lipinski definition) is 4. The predicted octanol–water partition coefficient (Wildman–Crippen LogP) is 3.22. The van der Waals surface area contributed by atoms with E-state index in [0.29, 0.717) is 10.3 Å². The Kier molecular flexibility index (Phi) is 3.92. The number of hydrogen-bond donors (Lipinski definition) is 0. The maximum atomic E-state index is 6.01. The first-order valence-electron chi connectivity index (χ1n) is 5.70. The fourth-order valence-corrected chi connectivity index (χ4v) is 2.60. The summed E-state index contributed by atoms with van der Waals surface area (Å²) in [6.45, 7) is 6.19. The van der Waals surface area contributed by atoms with E-state index in [4.69, 9.17) is 11.6 Å². The normalized spacial score (nSPS) is 10.9. The first-order chi connectivity index (χ1) is 8.56. The van der Waals surface area contributed by atoms with Gasteiger partial charge in [-0.25, -0.2) is 14.6 Å². The molecule has 96 valence electrons. The summed E-state index contributed by atoms with van der Waals surface area (Å²) in [6.07, 6.45) is 2.89. The second-order valence-electron chi connectivity index (χ2n) is 3.95. The van der Waals surface area contributed by atoms with Gasteiger partial charge in [-0.3, -0.25) is 0 Å². The lowest BCUT2D eigenvalue weighted by Crippen LogP contribution is -2.04. The third-order valence-electron chi connectivity index (χ3n) is 2.86. The summed E-state index contributed by atoms with van der Waals surface area (Å²) in [6, 6.07) is 1.74. The third kappa shape index (κ3) is 2.37. The molecule has 0 saturated heterocycles. The fourth-order valence-electron chi connectivity index (χ4n) is 1.99. The largest absolute Gasteiger partial charge is 0.219 e. The van der Waals surface area contributed by atoms with Gasteiger partial charge in [0.15, 0.2) is 11.0 Å². The monoisotopic (exact) mass is 282 g/mol. The quantitative estimate of drug-likeness (QED) is 0.492. The molecule has 0 aliphatic rings. The Morgan fingerprint density at radius 2 is 2.06 bits per heavy atom. The van der Waals surface area contributed by atoms with E-state index in [1.165, 1.54) is 17.3 Å². The summed E-state index contributed by atoms with van der Waals surface area (Å²) < 4.78 is 1.83. The van der Waals surface area contributed by atoms with Crippen molar-refractivity contribution in [3.8, 4) is 5.82 Å². The Morgan fingerprint density at radius 1 is 1.33 bits per heavy atom. The third-order valence-corrected chi connectivity index (χ3v) is 3.60. The number of thioether (sulfide) groups is 1. The minimum atomic E-state index is 0.440. The summed E-state index contributed by atoms with van der Waals surface area (Å²) >= 11 is 7.47. The standard InChI is InChI=1S/C12H15ClN4S/c1-5-9-7(2)16-17(8(9)3)11-6-10(13)14-12(15-11)18-4/h6H,5H2,1-4H3. The zero-order valence-electron chi connectivity index (χ0n) is 10.9. The van der Waals surface area contributed by atoms with E-state index < -0.39 is 0 Å². The van der Waals surface area contributed by atoms with Gasteiger partial charge in [-0.15, -0.1) is 0 Å². The summed E-state index contributed by atoms with van der Waals surface area (Å²) in [5, 5.41) is 5.62. The zero-order chi connectivity index (χ0) is 13.3. The maximum Gasteiger partial charge on any atom is 0.190 e. The average Bonchev–Trinajstić information content (AvgIpc) is 2.63. The van der Waals surface area contributed by atoms with Gasteiger partial charge in [0, 0.05) is 11.8 Å². The van der Waals surface area contributed by atoms with Gasteiger partial charge in [0.1, 0.15) is 5.15 Å². The van der Waals surface area contributed by atoms with E-state index in [9.17, 15) is 0 Å². The molecule has 0 radical (unpaired) electrons. The van der Waals surface area contributed by atoms with Crippen molar-refractivity contribution in [3.63, 3.8) is 0 Å². The highest BCUT2D eigenvalue weighted by atomic mass is 35.5. The number of aromatic nitrogens is 4. The molecule has 4 nitrogen and oxygen atoms in total. The molecule has 2 aromatic rings. The van der Waals surface area contributed by atoms with Crippen molar-refractivity contribution in [2.45, 2.75) is 32.3 Å². The Balaban J connectivity index is 2.58. The van der Waals surface area contributed by atoms with Crippen molar-refractivity contribution in [1.29, 1.82) is 0 Å². The molecule has 18 heavy (non-hydrogen) atoms. The van der Waals surface area contributed by atoms with Gasteiger partial charge in [0.2, 0.25) is 0 Å². The van der Waals surface area contributed by atoms with Crippen LogP contribution < -0.4 is 0 Å². The van der Waals surface area contributed by atoms with Crippen LogP contribution in [0.5, 0.6) is 0 Å². The average molecular weight is 283 g/mol. The van der Waals surface area contributed by atoms with E-state index in [0.717, 1.165) is 23.6 Å². The van der Waals surface area contributed by atoms with Crippen LogP contribution in [0.15, 0.2) is 11.2 Å². The Labute approximate surface area is 116 Å². The molecule has 0 atom stereocenters. The molecule has 0 aromatic carbocycles. The van der Waals surface area contributed by atoms with Crippen LogP contribution in [0, 0.1) is 13.8 Å². The minimum Gasteiger partial charge on any atom is -0.219 e. The van der Waals surface area contributed by atoms with Crippen molar-refractivity contribution < 1.29 is 0 Å². The lowest BCUT2D eigenvalue weighted by atomic mass is 10.1. The molecule has 0 fully saturated rings. The van der Waals surface area contributed by atoms with Gasteiger partial charge in [-0.05, 0) is 32.1 Å². The van der Waals surface area contributed by atoms with Crippen molar-refractivity contribution >= 4 is 23.4 Å². The van der Waals surface area contributed by atoms with Crippen LogP contribution in [-0.4, -0.2) is 26.0 Å². The molecule has 2 aromatic heterocycles. The second-order valence-corrected chi connectivity index (χ2v) is 5.11. The molecular formula is C12H15ClN4S. The molecular weight excluding hydrogens is 268 g/mol. The van der Waals surface area contributed by atoms with Crippen LogP contribution in [0.1, 0.15) is 23.9 Å². The molecule has 0 unspecified atom stereocenters. The molecule has 6 heteroatoms. The number of halogens is 1. The van der Waals surface area contributed by atoms with Gasteiger partial charge in [0.25, 0.3) is 0 Å². The first-order valence-corrected chi connectivity index (χ1v) is 7.31. The minimum absolute atomic E-state index is 0.440. The highest BCUT2D eigenvalue weighted by molar-refractivity contribution is 7.98. The molecule has 0 bridgehead atoms. The van der Waals surface area contributed by atoms with E-state index in [1.54, 1.807) is 6.07 Å². The Hall–Kier alpha value is -1.07.